The summed E-state index contributed by atoms with van der Waals surface area (Å²) >= 11 is 4.69. The highest BCUT2D eigenvalue weighted by Crippen LogP contribution is 1.94. The molecule has 1 aliphatic heterocycles. The smallest absolute Gasteiger partial charge is 0.134 e. The lowest BCUT2D eigenvalue weighted by atomic mass is 10.6. The molecule has 0 fully saturated rings. The fraction of sp³-hybridized carbons (Fsp3) is 0.600. The molecule has 0 unspecified atom stereocenters. The zero-order chi connectivity index (χ0) is 5.98. The Balaban J connectivity index is 0.000000640. The van der Waals surface area contributed by atoms with Gasteiger partial charge in [-0.05, 0) is 0 Å². The zero-order valence-electron chi connectivity index (χ0n) is 5.20. The van der Waals surface area contributed by atoms with Crippen molar-refractivity contribution in [2.24, 2.45) is 4.99 Å². The third kappa shape index (κ3) is 2.17. The summed E-state index contributed by atoms with van der Waals surface area (Å²) in [4.78, 5) is 6.17. The van der Waals surface area contributed by atoms with Gasteiger partial charge in [0.05, 0.1) is 6.54 Å². The van der Waals surface area contributed by atoms with Crippen molar-refractivity contribution in [2.75, 3.05) is 20.1 Å². The van der Waals surface area contributed by atoms with Crippen LogP contribution in [-0.4, -0.2) is 36.2 Å². The minimum Gasteiger partial charge on any atom is -0.357 e. The summed E-state index contributed by atoms with van der Waals surface area (Å²) in [5, 5.41) is 1.62. The SMILES string of the molecule is CN1CCN=C1C=S.I. The Morgan fingerprint density at radius 1 is 1.78 bits per heavy atom. The number of likely N-dealkylation sites (N-methyl/N-ethyl adjacent to an activating group) is 1. The van der Waals surface area contributed by atoms with Crippen LogP contribution in [0.4, 0.5) is 0 Å². The maximum atomic E-state index is 4.69. The van der Waals surface area contributed by atoms with Crippen molar-refractivity contribution >= 4 is 47.4 Å². The number of aliphatic imine (C=N–C) groups is 1. The Bertz CT molecular complexity index is 135. The monoisotopic (exact) mass is 256 g/mol. The molecule has 1 aliphatic rings. The number of hydrogen-bond acceptors (Lipinski definition) is 3. The Labute approximate surface area is 77.4 Å². The average molecular weight is 256 g/mol. The molecule has 0 spiro atoms. The van der Waals surface area contributed by atoms with Crippen LogP contribution in [0.1, 0.15) is 0 Å². The molecule has 0 bridgehead atoms. The number of hydrogen-bond donors (Lipinski definition) is 0. The van der Waals surface area contributed by atoms with Crippen molar-refractivity contribution in [3.05, 3.63) is 0 Å². The second kappa shape index (κ2) is 4.16. The quantitative estimate of drug-likeness (QED) is 0.512. The molecule has 0 aromatic heterocycles. The number of nitrogens with zero attached hydrogens (tertiary/aromatic N) is 2. The van der Waals surface area contributed by atoms with Crippen LogP contribution in [-0.2, 0) is 0 Å². The van der Waals surface area contributed by atoms with Crippen molar-refractivity contribution in [3.63, 3.8) is 0 Å². The Morgan fingerprint density at radius 3 is 2.67 bits per heavy atom. The van der Waals surface area contributed by atoms with E-state index in [1.54, 1.807) is 5.37 Å². The summed E-state index contributed by atoms with van der Waals surface area (Å²) < 4.78 is 0. The van der Waals surface area contributed by atoms with Crippen LogP contribution in [0.15, 0.2) is 4.99 Å². The predicted octanol–water partition coefficient (Wildman–Crippen LogP) is 0.948. The predicted molar refractivity (Wildman–Crippen MR) is 54.0 cm³/mol. The third-order valence-corrected chi connectivity index (χ3v) is 1.42. The molecule has 4 heteroatoms. The van der Waals surface area contributed by atoms with Gasteiger partial charge in [-0.15, -0.1) is 24.0 Å². The molecule has 52 valence electrons. The van der Waals surface area contributed by atoms with E-state index < -0.39 is 0 Å². The van der Waals surface area contributed by atoms with Gasteiger partial charge < -0.3 is 4.90 Å². The molecule has 0 aliphatic carbocycles. The second-order valence-electron chi connectivity index (χ2n) is 1.78. The van der Waals surface area contributed by atoms with E-state index in [1.807, 2.05) is 11.9 Å². The number of thiocarbonyl (C=S) groups is 1. The van der Waals surface area contributed by atoms with Crippen LogP contribution >= 0.6 is 36.2 Å². The van der Waals surface area contributed by atoms with E-state index in [0.717, 1.165) is 18.9 Å². The van der Waals surface area contributed by atoms with Crippen LogP contribution in [0.2, 0.25) is 0 Å². The highest BCUT2D eigenvalue weighted by atomic mass is 127. The largest absolute Gasteiger partial charge is 0.357 e. The van der Waals surface area contributed by atoms with E-state index in [-0.39, 0.29) is 24.0 Å². The summed E-state index contributed by atoms with van der Waals surface area (Å²) in [5.74, 6) is 0.944. The van der Waals surface area contributed by atoms with Crippen molar-refractivity contribution in [1.29, 1.82) is 0 Å². The molecule has 0 aromatic rings. The van der Waals surface area contributed by atoms with Crippen molar-refractivity contribution in [2.45, 2.75) is 0 Å². The summed E-state index contributed by atoms with van der Waals surface area (Å²) in [5.41, 5.74) is 0. The number of rotatable bonds is 1. The number of halogens is 1. The molecule has 0 radical (unpaired) electrons. The van der Waals surface area contributed by atoms with E-state index in [9.17, 15) is 0 Å². The molecule has 9 heavy (non-hydrogen) atoms. The molecule has 0 aromatic carbocycles. The van der Waals surface area contributed by atoms with Crippen molar-refractivity contribution in [1.82, 2.24) is 4.90 Å². The van der Waals surface area contributed by atoms with Crippen LogP contribution < -0.4 is 0 Å². The van der Waals surface area contributed by atoms with Crippen LogP contribution in [0.3, 0.4) is 0 Å². The van der Waals surface area contributed by atoms with Crippen LogP contribution in [0.25, 0.3) is 0 Å². The van der Waals surface area contributed by atoms with Gasteiger partial charge in [-0.1, -0.05) is 12.2 Å². The summed E-state index contributed by atoms with van der Waals surface area (Å²) in [6.45, 7) is 1.92. The lowest BCUT2D eigenvalue weighted by Crippen LogP contribution is -2.22. The molecular weight excluding hydrogens is 247 g/mol. The van der Waals surface area contributed by atoms with Gasteiger partial charge in [0.2, 0.25) is 0 Å². The van der Waals surface area contributed by atoms with E-state index >= 15 is 0 Å². The van der Waals surface area contributed by atoms with Gasteiger partial charge in [0.25, 0.3) is 0 Å². The molecule has 0 saturated heterocycles. The van der Waals surface area contributed by atoms with E-state index in [0.29, 0.717) is 0 Å². The van der Waals surface area contributed by atoms with Crippen LogP contribution in [0, 0.1) is 0 Å². The van der Waals surface area contributed by atoms with E-state index in [4.69, 9.17) is 12.2 Å². The standard InChI is InChI=1S/C5H8N2S.HI/c1-7-3-2-6-5(7)4-8;/h4H,2-3H2,1H3;1H. The Kier molecular flexibility index (Phi) is 4.29. The molecule has 0 N–H and O–H groups in total. The zero-order valence-corrected chi connectivity index (χ0v) is 8.35. The first-order valence-electron chi connectivity index (χ1n) is 2.55. The number of amidine groups is 1. The third-order valence-electron chi connectivity index (χ3n) is 1.21. The van der Waals surface area contributed by atoms with Gasteiger partial charge in [0, 0.05) is 19.0 Å². The molecule has 0 saturated carbocycles. The second-order valence-corrected chi connectivity index (χ2v) is 2.02. The van der Waals surface area contributed by atoms with Crippen LogP contribution in [0.5, 0.6) is 0 Å². The first-order valence-corrected chi connectivity index (χ1v) is 3.02. The van der Waals surface area contributed by atoms with Crippen molar-refractivity contribution in [3.8, 4) is 0 Å². The maximum absolute atomic E-state index is 4.69. The minimum atomic E-state index is 0. The summed E-state index contributed by atoms with van der Waals surface area (Å²) in [6, 6.07) is 0. The highest BCUT2D eigenvalue weighted by molar-refractivity contribution is 14.0. The summed E-state index contributed by atoms with van der Waals surface area (Å²) in [6.07, 6.45) is 0. The first kappa shape index (κ1) is 9.29. The molecule has 2 nitrogen and oxygen atoms in total. The van der Waals surface area contributed by atoms with Gasteiger partial charge >= 0.3 is 0 Å². The minimum absolute atomic E-state index is 0. The molecular formula is C5H9IN2S. The van der Waals surface area contributed by atoms with Gasteiger partial charge in [-0.25, -0.2) is 0 Å². The fourth-order valence-electron chi connectivity index (χ4n) is 0.677. The lowest BCUT2D eigenvalue weighted by Gasteiger charge is -2.07. The summed E-state index contributed by atoms with van der Waals surface area (Å²) in [7, 11) is 1.99. The molecule has 0 amide bonds. The van der Waals surface area contributed by atoms with Gasteiger partial charge in [-0.2, -0.15) is 0 Å². The fourth-order valence-corrected chi connectivity index (χ4v) is 0.932. The Morgan fingerprint density at radius 2 is 2.44 bits per heavy atom. The van der Waals surface area contributed by atoms with Gasteiger partial charge in [0.15, 0.2) is 0 Å². The van der Waals surface area contributed by atoms with Gasteiger partial charge in [-0.3, -0.25) is 4.99 Å². The molecule has 0 atom stereocenters. The highest BCUT2D eigenvalue weighted by Gasteiger charge is 2.07. The van der Waals surface area contributed by atoms with Gasteiger partial charge in [0.1, 0.15) is 5.84 Å². The van der Waals surface area contributed by atoms with E-state index in [2.05, 4.69) is 4.99 Å². The van der Waals surface area contributed by atoms with Crippen molar-refractivity contribution < 1.29 is 0 Å². The molecule has 1 rings (SSSR count). The average Bonchev–Trinajstić information content (AvgIpc) is 2.14. The normalized spacial score (nSPS) is 16.6. The topological polar surface area (TPSA) is 15.6 Å². The first-order chi connectivity index (χ1) is 3.84. The maximum Gasteiger partial charge on any atom is 0.134 e. The molecule has 1 heterocycles. The lowest BCUT2D eigenvalue weighted by molar-refractivity contribution is 0.562. The Hall–Kier alpha value is 0.290. The van der Waals surface area contributed by atoms with E-state index in [1.165, 1.54) is 0 Å².